The van der Waals surface area contributed by atoms with Crippen LogP contribution in [0.4, 0.5) is 0 Å². The quantitative estimate of drug-likeness (QED) is 0.733. The summed E-state index contributed by atoms with van der Waals surface area (Å²) in [7, 11) is 1.60. The second-order valence-corrected chi connectivity index (χ2v) is 5.35. The molecule has 1 aromatic rings. The number of carbonyl (C=O) groups is 1. The van der Waals surface area contributed by atoms with Crippen molar-refractivity contribution < 1.29 is 19.4 Å². The Kier molecular flexibility index (Phi) is 7.02. The van der Waals surface area contributed by atoms with Crippen molar-refractivity contribution in [3.05, 3.63) is 23.8 Å². The highest BCUT2D eigenvalue weighted by atomic mass is 16.5. The number of ether oxygens (including phenoxy) is 2. The molecule has 1 aromatic carbocycles. The molecule has 0 spiro atoms. The van der Waals surface area contributed by atoms with E-state index in [0.717, 1.165) is 17.9 Å². The van der Waals surface area contributed by atoms with E-state index in [4.69, 9.17) is 14.6 Å². The second kappa shape index (κ2) is 8.52. The van der Waals surface area contributed by atoms with Gasteiger partial charge in [0.25, 0.3) is 0 Å². The van der Waals surface area contributed by atoms with Gasteiger partial charge in [0, 0.05) is 12.1 Å². The lowest BCUT2D eigenvalue weighted by Crippen LogP contribution is -2.27. The third-order valence-corrected chi connectivity index (χ3v) is 3.05. The predicted octanol–water partition coefficient (Wildman–Crippen LogP) is 2.68. The summed E-state index contributed by atoms with van der Waals surface area (Å²) in [5.74, 6) is 0.908. The minimum absolute atomic E-state index is 0.417. The van der Waals surface area contributed by atoms with Crippen LogP contribution in [-0.4, -0.2) is 30.8 Å². The van der Waals surface area contributed by atoms with Crippen LogP contribution in [-0.2, 0) is 11.3 Å². The lowest BCUT2D eigenvalue weighted by Gasteiger charge is -2.18. The van der Waals surface area contributed by atoms with Crippen molar-refractivity contribution in [2.45, 2.75) is 39.8 Å². The summed E-state index contributed by atoms with van der Waals surface area (Å²) in [6.45, 7) is 7.55. The maximum Gasteiger partial charge on any atom is 0.344 e. The molecule has 118 valence electrons. The van der Waals surface area contributed by atoms with E-state index in [2.05, 4.69) is 19.2 Å². The van der Waals surface area contributed by atoms with Gasteiger partial charge >= 0.3 is 5.97 Å². The van der Waals surface area contributed by atoms with E-state index in [9.17, 15) is 4.79 Å². The number of rotatable bonds is 9. The minimum atomic E-state index is -0.950. The van der Waals surface area contributed by atoms with E-state index in [-0.39, 0.29) is 0 Å². The third kappa shape index (κ3) is 5.63. The van der Waals surface area contributed by atoms with Gasteiger partial charge in [0.15, 0.2) is 6.10 Å². The maximum atomic E-state index is 11.1. The molecule has 0 aliphatic carbocycles. The molecule has 0 amide bonds. The van der Waals surface area contributed by atoms with Crippen LogP contribution in [0.3, 0.4) is 0 Å². The number of carboxylic acid groups (broad SMARTS) is 1. The average molecular weight is 295 g/mol. The van der Waals surface area contributed by atoms with Gasteiger partial charge in [-0.2, -0.15) is 0 Å². The molecule has 5 heteroatoms. The van der Waals surface area contributed by atoms with Gasteiger partial charge in [-0.1, -0.05) is 20.8 Å². The number of benzene rings is 1. The number of hydrogen-bond donors (Lipinski definition) is 2. The standard InChI is InChI=1S/C16H25NO4/c1-5-14(16(18)19)21-15-7-6-13(20-4)8-12(15)10-17-9-11(2)3/h6-8,11,14,17H,5,9-10H2,1-4H3,(H,18,19). The Hall–Kier alpha value is -1.75. The van der Waals surface area contributed by atoms with Gasteiger partial charge in [0.05, 0.1) is 7.11 Å². The summed E-state index contributed by atoms with van der Waals surface area (Å²) in [6.07, 6.45) is -0.414. The number of carboxylic acids is 1. The topological polar surface area (TPSA) is 67.8 Å². The molecule has 0 radical (unpaired) electrons. The molecule has 1 unspecified atom stereocenters. The van der Waals surface area contributed by atoms with Crippen LogP contribution in [0.15, 0.2) is 18.2 Å². The molecule has 1 atom stereocenters. The highest BCUT2D eigenvalue weighted by molar-refractivity contribution is 5.72. The summed E-state index contributed by atoms with van der Waals surface area (Å²) in [5.41, 5.74) is 0.898. The highest BCUT2D eigenvalue weighted by Crippen LogP contribution is 2.25. The van der Waals surface area contributed by atoms with Gasteiger partial charge in [0.2, 0.25) is 0 Å². The van der Waals surface area contributed by atoms with E-state index in [1.54, 1.807) is 26.2 Å². The van der Waals surface area contributed by atoms with Gasteiger partial charge in [-0.25, -0.2) is 4.79 Å². The normalized spacial score (nSPS) is 12.2. The molecule has 0 bridgehead atoms. The number of aliphatic carboxylic acids is 1. The van der Waals surface area contributed by atoms with E-state index < -0.39 is 12.1 Å². The Morgan fingerprint density at radius 2 is 2.10 bits per heavy atom. The SMILES string of the molecule is CCC(Oc1ccc(OC)cc1CNCC(C)C)C(=O)O. The van der Waals surface area contributed by atoms with Crippen LogP contribution in [0, 0.1) is 5.92 Å². The van der Waals surface area contributed by atoms with Crippen molar-refractivity contribution in [1.29, 1.82) is 0 Å². The molecule has 0 aliphatic rings. The van der Waals surface area contributed by atoms with Gasteiger partial charge in [-0.15, -0.1) is 0 Å². The largest absolute Gasteiger partial charge is 0.497 e. The Morgan fingerprint density at radius 1 is 1.38 bits per heavy atom. The fraction of sp³-hybridized carbons (Fsp3) is 0.562. The summed E-state index contributed by atoms with van der Waals surface area (Å²) in [6, 6.07) is 5.41. The van der Waals surface area contributed by atoms with Crippen molar-refractivity contribution in [1.82, 2.24) is 5.32 Å². The lowest BCUT2D eigenvalue weighted by molar-refractivity contribution is -0.145. The Balaban J connectivity index is 2.87. The summed E-state index contributed by atoms with van der Waals surface area (Å²) >= 11 is 0. The van der Waals surface area contributed by atoms with Crippen LogP contribution < -0.4 is 14.8 Å². The van der Waals surface area contributed by atoms with E-state index in [1.807, 2.05) is 6.07 Å². The highest BCUT2D eigenvalue weighted by Gasteiger charge is 2.18. The first-order valence-corrected chi connectivity index (χ1v) is 7.25. The van der Waals surface area contributed by atoms with Crippen molar-refractivity contribution in [3.63, 3.8) is 0 Å². The van der Waals surface area contributed by atoms with E-state index in [1.165, 1.54) is 0 Å². The molecule has 0 saturated carbocycles. The van der Waals surface area contributed by atoms with Crippen molar-refractivity contribution in [3.8, 4) is 11.5 Å². The zero-order valence-electron chi connectivity index (χ0n) is 13.2. The molecule has 0 aliphatic heterocycles. The molecule has 21 heavy (non-hydrogen) atoms. The van der Waals surface area contributed by atoms with Gasteiger partial charge in [0.1, 0.15) is 11.5 Å². The second-order valence-electron chi connectivity index (χ2n) is 5.35. The van der Waals surface area contributed by atoms with E-state index >= 15 is 0 Å². The van der Waals surface area contributed by atoms with Gasteiger partial charge < -0.3 is 19.9 Å². The molecule has 0 fully saturated rings. The fourth-order valence-electron chi connectivity index (χ4n) is 1.89. The molecule has 0 heterocycles. The molecule has 1 rings (SSSR count). The van der Waals surface area contributed by atoms with E-state index in [0.29, 0.717) is 24.6 Å². The molecular formula is C16H25NO4. The maximum absolute atomic E-state index is 11.1. The van der Waals surface area contributed by atoms with Crippen LogP contribution in [0.5, 0.6) is 11.5 Å². The van der Waals surface area contributed by atoms with Crippen molar-refractivity contribution in [2.75, 3.05) is 13.7 Å². The monoisotopic (exact) mass is 295 g/mol. The zero-order chi connectivity index (χ0) is 15.8. The van der Waals surface area contributed by atoms with Crippen molar-refractivity contribution >= 4 is 5.97 Å². The molecule has 2 N–H and O–H groups in total. The predicted molar refractivity (Wildman–Crippen MR) is 81.9 cm³/mol. The number of nitrogens with one attached hydrogen (secondary N) is 1. The number of hydrogen-bond acceptors (Lipinski definition) is 4. The zero-order valence-corrected chi connectivity index (χ0v) is 13.2. The van der Waals surface area contributed by atoms with Gasteiger partial charge in [-0.3, -0.25) is 0 Å². The summed E-state index contributed by atoms with van der Waals surface area (Å²) < 4.78 is 10.8. The lowest BCUT2D eigenvalue weighted by atomic mass is 10.1. The minimum Gasteiger partial charge on any atom is -0.497 e. The van der Waals surface area contributed by atoms with Gasteiger partial charge in [-0.05, 0) is 37.1 Å². The fourth-order valence-corrected chi connectivity index (χ4v) is 1.89. The Morgan fingerprint density at radius 3 is 2.62 bits per heavy atom. The van der Waals surface area contributed by atoms with Crippen LogP contribution in [0.1, 0.15) is 32.8 Å². The summed E-state index contributed by atoms with van der Waals surface area (Å²) in [5, 5.41) is 12.4. The Bertz CT molecular complexity index is 460. The number of methoxy groups -OCH3 is 1. The van der Waals surface area contributed by atoms with Crippen molar-refractivity contribution in [2.24, 2.45) is 5.92 Å². The molecular weight excluding hydrogens is 270 g/mol. The first-order chi connectivity index (χ1) is 9.97. The molecule has 0 saturated heterocycles. The van der Waals surface area contributed by atoms with Crippen LogP contribution in [0.25, 0.3) is 0 Å². The molecule has 5 nitrogen and oxygen atoms in total. The van der Waals surface area contributed by atoms with Crippen LogP contribution in [0.2, 0.25) is 0 Å². The third-order valence-electron chi connectivity index (χ3n) is 3.05. The first-order valence-electron chi connectivity index (χ1n) is 7.25. The van der Waals surface area contributed by atoms with Crippen LogP contribution >= 0.6 is 0 Å². The average Bonchev–Trinajstić information content (AvgIpc) is 2.44. The Labute approximate surface area is 126 Å². The molecule has 0 aromatic heterocycles. The smallest absolute Gasteiger partial charge is 0.344 e. The first kappa shape index (κ1) is 17.3. The summed E-state index contributed by atoms with van der Waals surface area (Å²) in [4.78, 5) is 11.1.